The normalized spacial score (nSPS) is 12.3. The van der Waals surface area contributed by atoms with Crippen LogP contribution in [-0.4, -0.2) is 15.2 Å². The number of anilines is 1. The van der Waals surface area contributed by atoms with Crippen molar-refractivity contribution in [3.05, 3.63) is 46.2 Å². The van der Waals surface area contributed by atoms with E-state index in [-0.39, 0.29) is 6.04 Å². The van der Waals surface area contributed by atoms with Crippen LogP contribution in [-0.2, 0) is 0 Å². The van der Waals surface area contributed by atoms with Crippen LogP contribution in [0.15, 0.2) is 34.5 Å². The molecule has 2 heterocycles. The minimum Gasteiger partial charge on any atom is -0.423 e. The Kier molecular flexibility index (Phi) is 3.70. The van der Waals surface area contributed by atoms with E-state index in [0.717, 1.165) is 16.9 Å². The van der Waals surface area contributed by atoms with Crippen molar-refractivity contribution >= 4 is 17.0 Å². The first-order chi connectivity index (χ1) is 10.1. The highest BCUT2D eigenvalue weighted by Gasteiger charge is 2.13. The summed E-state index contributed by atoms with van der Waals surface area (Å²) in [5.74, 6) is 0.527. The molecule has 0 saturated heterocycles. The van der Waals surface area contributed by atoms with E-state index in [2.05, 4.69) is 34.3 Å². The lowest BCUT2D eigenvalue weighted by Crippen LogP contribution is -2.07. The second kappa shape index (κ2) is 5.65. The van der Waals surface area contributed by atoms with Crippen molar-refractivity contribution in [1.29, 1.82) is 0 Å². The van der Waals surface area contributed by atoms with Gasteiger partial charge in [-0.15, -0.1) is 21.5 Å². The largest absolute Gasteiger partial charge is 0.423 e. The molecule has 0 bridgehead atoms. The van der Waals surface area contributed by atoms with E-state index < -0.39 is 0 Å². The molecule has 1 unspecified atom stereocenters. The Bertz CT molecular complexity index is 736. The molecule has 21 heavy (non-hydrogen) atoms. The van der Waals surface area contributed by atoms with Gasteiger partial charge in [-0.1, -0.05) is 6.07 Å². The molecule has 2 aromatic heterocycles. The SMILES string of the molecule is Cc1ccc(-c2nnco2)cc1NC(C)c1scnc1C. The minimum absolute atomic E-state index is 0.203. The Morgan fingerprint density at radius 3 is 2.81 bits per heavy atom. The molecule has 1 N–H and O–H groups in total. The molecule has 0 aliphatic rings. The zero-order chi connectivity index (χ0) is 14.8. The van der Waals surface area contributed by atoms with Crippen molar-refractivity contribution in [3.63, 3.8) is 0 Å². The van der Waals surface area contributed by atoms with Gasteiger partial charge in [-0.25, -0.2) is 4.98 Å². The van der Waals surface area contributed by atoms with Crippen molar-refractivity contribution in [2.24, 2.45) is 0 Å². The molecule has 0 aliphatic heterocycles. The van der Waals surface area contributed by atoms with Crippen LogP contribution in [0.1, 0.15) is 29.1 Å². The van der Waals surface area contributed by atoms with Gasteiger partial charge >= 0.3 is 0 Å². The fourth-order valence-electron chi connectivity index (χ4n) is 2.23. The van der Waals surface area contributed by atoms with Crippen LogP contribution in [0.25, 0.3) is 11.5 Å². The number of thiazole rings is 1. The molecular weight excluding hydrogens is 284 g/mol. The number of aryl methyl sites for hydroxylation is 2. The zero-order valence-electron chi connectivity index (χ0n) is 12.1. The number of benzene rings is 1. The molecule has 1 aromatic carbocycles. The second-order valence-corrected chi connectivity index (χ2v) is 5.83. The number of rotatable bonds is 4. The Morgan fingerprint density at radius 1 is 1.29 bits per heavy atom. The third-order valence-electron chi connectivity index (χ3n) is 3.39. The first-order valence-corrected chi connectivity index (χ1v) is 7.57. The average Bonchev–Trinajstić information content (AvgIpc) is 3.12. The van der Waals surface area contributed by atoms with E-state index in [1.54, 1.807) is 11.3 Å². The lowest BCUT2D eigenvalue weighted by Gasteiger charge is -2.17. The molecule has 0 fully saturated rings. The summed E-state index contributed by atoms with van der Waals surface area (Å²) >= 11 is 1.67. The van der Waals surface area contributed by atoms with Gasteiger partial charge < -0.3 is 9.73 Å². The van der Waals surface area contributed by atoms with E-state index in [9.17, 15) is 0 Å². The summed E-state index contributed by atoms with van der Waals surface area (Å²) in [6, 6.07) is 6.27. The van der Waals surface area contributed by atoms with E-state index in [4.69, 9.17) is 4.42 Å². The molecular formula is C15H16N4OS. The van der Waals surface area contributed by atoms with Gasteiger partial charge in [0.15, 0.2) is 0 Å². The third-order valence-corrected chi connectivity index (χ3v) is 4.51. The van der Waals surface area contributed by atoms with Crippen LogP contribution in [0.4, 0.5) is 5.69 Å². The summed E-state index contributed by atoms with van der Waals surface area (Å²) in [5, 5.41) is 11.2. The summed E-state index contributed by atoms with van der Waals surface area (Å²) in [4.78, 5) is 5.55. The number of nitrogens with zero attached hydrogens (tertiary/aromatic N) is 3. The van der Waals surface area contributed by atoms with E-state index in [1.807, 2.05) is 30.6 Å². The van der Waals surface area contributed by atoms with Gasteiger partial charge in [0.25, 0.3) is 0 Å². The van der Waals surface area contributed by atoms with Crippen LogP contribution >= 0.6 is 11.3 Å². The quantitative estimate of drug-likeness (QED) is 0.789. The standard InChI is InChI=1S/C15H16N4OS/c1-9-4-5-12(15-19-17-7-20-15)6-13(9)18-11(3)14-10(2)16-8-21-14/h4-8,11,18H,1-3H3. The van der Waals surface area contributed by atoms with E-state index in [0.29, 0.717) is 5.89 Å². The molecule has 0 amide bonds. The predicted molar refractivity (Wildman–Crippen MR) is 83.4 cm³/mol. The third kappa shape index (κ3) is 2.80. The first-order valence-electron chi connectivity index (χ1n) is 6.69. The molecule has 5 nitrogen and oxygen atoms in total. The molecule has 0 spiro atoms. The monoisotopic (exact) mass is 300 g/mol. The summed E-state index contributed by atoms with van der Waals surface area (Å²) in [6.07, 6.45) is 1.34. The second-order valence-electron chi connectivity index (χ2n) is 4.94. The van der Waals surface area contributed by atoms with Gasteiger partial charge in [0.2, 0.25) is 12.3 Å². The maximum atomic E-state index is 5.25. The first kappa shape index (κ1) is 13.8. The summed E-state index contributed by atoms with van der Waals surface area (Å²) < 4.78 is 5.25. The molecule has 1 atom stereocenters. The fourth-order valence-corrected chi connectivity index (χ4v) is 3.05. The smallest absolute Gasteiger partial charge is 0.247 e. The molecule has 6 heteroatoms. The molecule has 3 rings (SSSR count). The van der Waals surface area contributed by atoms with E-state index in [1.165, 1.54) is 16.8 Å². The Labute approximate surface area is 127 Å². The molecule has 0 radical (unpaired) electrons. The van der Waals surface area contributed by atoms with Gasteiger partial charge in [0.1, 0.15) is 0 Å². The fraction of sp³-hybridized carbons (Fsp3) is 0.267. The highest BCUT2D eigenvalue weighted by atomic mass is 32.1. The zero-order valence-corrected chi connectivity index (χ0v) is 12.9. The topological polar surface area (TPSA) is 63.8 Å². The summed E-state index contributed by atoms with van der Waals surface area (Å²) in [6.45, 7) is 6.25. The molecule has 0 aliphatic carbocycles. The van der Waals surface area contributed by atoms with E-state index >= 15 is 0 Å². The Hall–Kier alpha value is -2.21. The lowest BCUT2D eigenvalue weighted by atomic mass is 10.1. The number of hydrogen-bond acceptors (Lipinski definition) is 6. The van der Waals surface area contributed by atoms with Crippen LogP contribution in [0.3, 0.4) is 0 Å². The molecule has 3 aromatic rings. The summed E-state index contributed by atoms with van der Waals surface area (Å²) in [5.41, 5.74) is 6.10. The molecule has 0 saturated carbocycles. The Balaban J connectivity index is 1.88. The van der Waals surface area contributed by atoms with Crippen molar-refractivity contribution in [2.75, 3.05) is 5.32 Å². The van der Waals surface area contributed by atoms with Crippen LogP contribution in [0.2, 0.25) is 0 Å². The summed E-state index contributed by atoms with van der Waals surface area (Å²) in [7, 11) is 0. The molecule has 108 valence electrons. The van der Waals surface area contributed by atoms with Gasteiger partial charge in [0.05, 0.1) is 17.2 Å². The van der Waals surface area contributed by atoms with Crippen molar-refractivity contribution in [1.82, 2.24) is 15.2 Å². The van der Waals surface area contributed by atoms with Crippen LogP contribution < -0.4 is 5.32 Å². The van der Waals surface area contributed by atoms with Crippen LogP contribution in [0.5, 0.6) is 0 Å². The van der Waals surface area contributed by atoms with Gasteiger partial charge in [-0.3, -0.25) is 0 Å². The lowest BCUT2D eigenvalue weighted by molar-refractivity contribution is 0.568. The van der Waals surface area contributed by atoms with Crippen LogP contribution in [0, 0.1) is 13.8 Å². The van der Waals surface area contributed by atoms with Crippen molar-refractivity contribution in [2.45, 2.75) is 26.8 Å². The maximum absolute atomic E-state index is 5.25. The highest BCUT2D eigenvalue weighted by Crippen LogP contribution is 2.29. The predicted octanol–water partition coefficient (Wildman–Crippen LogP) is 3.98. The van der Waals surface area contributed by atoms with Gasteiger partial charge in [-0.05, 0) is 38.5 Å². The maximum Gasteiger partial charge on any atom is 0.247 e. The van der Waals surface area contributed by atoms with Crippen molar-refractivity contribution in [3.8, 4) is 11.5 Å². The minimum atomic E-state index is 0.203. The number of aromatic nitrogens is 3. The highest BCUT2D eigenvalue weighted by molar-refractivity contribution is 7.09. The Morgan fingerprint density at radius 2 is 2.14 bits per heavy atom. The average molecular weight is 300 g/mol. The van der Waals surface area contributed by atoms with Gasteiger partial charge in [-0.2, -0.15) is 0 Å². The van der Waals surface area contributed by atoms with Gasteiger partial charge in [0, 0.05) is 16.1 Å². The number of hydrogen-bond donors (Lipinski definition) is 1. The number of nitrogens with one attached hydrogen (secondary N) is 1. The van der Waals surface area contributed by atoms with Crippen molar-refractivity contribution < 1.29 is 4.42 Å².